The Balaban J connectivity index is 1.54. The van der Waals surface area contributed by atoms with Crippen LogP contribution in [0.25, 0.3) is 0 Å². The second kappa shape index (κ2) is 7.03. The van der Waals surface area contributed by atoms with Crippen molar-refractivity contribution < 1.29 is 18.1 Å². The topological polar surface area (TPSA) is 7.68 Å². The lowest BCUT2D eigenvalue weighted by Crippen LogP contribution is -3.13. The zero-order valence-electron chi connectivity index (χ0n) is 13.1. The Hall–Kier alpha value is -1.72. The first kappa shape index (κ1) is 17.1. The summed E-state index contributed by atoms with van der Waals surface area (Å²) < 4.78 is 37.8. The van der Waals surface area contributed by atoms with Gasteiger partial charge in [-0.25, -0.2) is 0 Å². The number of hydrogen-bond acceptors (Lipinski definition) is 1. The number of benzene rings is 2. The first-order valence-electron chi connectivity index (χ1n) is 7.92. The molecule has 1 aliphatic rings. The molecule has 128 valence electrons. The highest BCUT2D eigenvalue weighted by molar-refractivity contribution is 6.30. The summed E-state index contributed by atoms with van der Waals surface area (Å²) in [5.74, 6) is 0. The van der Waals surface area contributed by atoms with Gasteiger partial charge >= 0.3 is 6.18 Å². The molecule has 2 nitrogen and oxygen atoms in total. The largest absolute Gasteiger partial charge is 0.416 e. The van der Waals surface area contributed by atoms with Crippen LogP contribution in [0.1, 0.15) is 11.1 Å². The predicted octanol–water partition coefficient (Wildman–Crippen LogP) is 3.26. The Bertz CT molecular complexity index is 660. The Labute approximate surface area is 144 Å². The van der Waals surface area contributed by atoms with Crippen molar-refractivity contribution in [3.8, 4) is 0 Å². The van der Waals surface area contributed by atoms with Crippen LogP contribution in [-0.4, -0.2) is 26.2 Å². The fourth-order valence-electron chi connectivity index (χ4n) is 3.01. The predicted molar refractivity (Wildman–Crippen MR) is 89.5 cm³/mol. The summed E-state index contributed by atoms with van der Waals surface area (Å²) in [6, 6.07) is 13.3. The molecule has 0 saturated carbocycles. The number of piperazine rings is 1. The van der Waals surface area contributed by atoms with Gasteiger partial charge in [0.15, 0.2) is 0 Å². The molecule has 0 aromatic heterocycles. The van der Waals surface area contributed by atoms with Crippen molar-refractivity contribution in [2.24, 2.45) is 0 Å². The van der Waals surface area contributed by atoms with Crippen molar-refractivity contribution in [3.63, 3.8) is 0 Å². The lowest BCUT2D eigenvalue weighted by molar-refractivity contribution is -0.914. The number of quaternary nitrogens is 1. The van der Waals surface area contributed by atoms with Crippen molar-refractivity contribution in [2.45, 2.75) is 12.7 Å². The van der Waals surface area contributed by atoms with Crippen molar-refractivity contribution in [1.82, 2.24) is 0 Å². The minimum atomic E-state index is -4.27. The van der Waals surface area contributed by atoms with Gasteiger partial charge in [-0.1, -0.05) is 23.7 Å². The minimum absolute atomic E-state index is 0.589. The van der Waals surface area contributed by atoms with Crippen molar-refractivity contribution in [3.05, 3.63) is 64.7 Å². The Morgan fingerprint density at radius 3 is 2.04 bits per heavy atom. The third-order valence-corrected chi connectivity index (χ3v) is 4.65. The summed E-state index contributed by atoms with van der Waals surface area (Å²) in [6.45, 7) is 4.54. The highest BCUT2D eigenvalue weighted by atomic mass is 35.5. The van der Waals surface area contributed by atoms with E-state index in [-0.39, 0.29) is 0 Å². The van der Waals surface area contributed by atoms with Gasteiger partial charge in [-0.2, -0.15) is 13.2 Å². The summed E-state index contributed by atoms with van der Waals surface area (Å²) >= 11 is 5.91. The molecule has 0 bridgehead atoms. The molecule has 0 radical (unpaired) electrons. The Morgan fingerprint density at radius 1 is 0.917 bits per heavy atom. The number of nitrogens with one attached hydrogen (secondary N) is 1. The van der Waals surface area contributed by atoms with E-state index in [1.54, 1.807) is 12.1 Å². The van der Waals surface area contributed by atoms with Gasteiger partial charge in [0, 0.05) is 16.3 Å². The molecule has 0 unspecified atom stereocenters. The highest BCUT2D eigenvalue weighted by Crippen LogP contribution is 2.29. The molecule has 0 spiro atoms. The molecule has 6 heteroatoms. The molecule has 0 amide bonds. The molecule has 24 heavy (non-hydrogen) atoms. The van der Waals surface area contributed by atoms with E-state index >= 15 is 0 Å². The zero-order valence-corrected chi connectivity index (χ0v) is 13.9. The van der Waals surface area contributed by atoms with Crippen LogP contribution in [0.3, 0.4) is 0 Å². The van der Waals surface area contributed by atoms with Crippen molar-refractivity contribution in [1.29, 1.82) is 0 Å². The standard InChI is InChI=1S/C18H18ClF3N2/c19-16-5-7-17(8-6-16)24-11-9-23(10-12-24)13-14-1-3-15(4-2-14)18(20,21)22/h1-8H,9-13H2/p+1. The molecule has 2 aromatic rings. The molecular weight excluding hydrogens is 337 g/mol. The van der Waals surface area contributed by atoms with Crippen LogP contribution in [0.5, 0.6) is 0 Å². The average molecular weight is 356 g/mol. The van der Waals surface area contributed by atoms with Gasteiger partial charge in [0.2, 0.25) is 0 Å². The number of alkyl halides is 3. The van der Waals surface area contributed by atoms with Gasteiger partial charge in [0.1, 0.15) is 6.54 Å². The zero-order chi connectivity index (χ0) is 17.2. The van der Waals surface area contributed by atoms with Crippen LogP contribution >= 0.6 is 11.6 Å². The molecule has 1 heterocycles. The minimum Gasteiger partial charge on any atom is -0.360 e. The maximum atomic E-state index is 12.6. The summed E-state index contributed by atoms with van der Waals surface area (Å²) in [7, 11) is 0. The second-order valence-electron chi connectivity index (χ2n) is 6.08. The molecular formula is C18H19ClF3N2+. The molecule has 0 aliphatic carbocycles. The monoisotopic (exact) mass is 355 g/mol. The van der Waals surface area contributed by atoms with Crippen LogP contribution in [-0.2, 0) is 12.7 Å². The lowest BCUT2D eigenvalue weighted by atomic mass is 10.1. The summed E-state index contributed by atoms with van der Waals surface area (Å²) in [4.78, 5) is 3.70. The lowest BCUT2D eigenvalue weighted by Gasteiger charge is -2.33. The third kappa shape index (κ3) is 4.22. The molecule has 0 atom stereocenters. The van der Waals surface area contributed by atoms with Gasteiger partial charge < -0.3 is 9.80 Å². The fraction of sp³-hybridized carbons (Fsp3) is 0.333. The van der Waals surface area contributed by atoms with E-state index in [1.807, 2.05) is 24.3 Å². The van der Waals surface area contributed by atoms with E-state index < -0.39 is 11.7 Å². The maximum Gasteiger partial charge on any atom is 0.416 e. The number of halogens is 4. The van der Waals surface area contributed by atoms with E-state index in [4.69, 9.17) is 11.6 Å². The average Bonchev–Trinajstić information content (AvgIpc) is 2.56. The van der Waals surface area contributed by atoms with Crippen molar-refractivity contribution in [2.75, 3.05) is 31.1 Å². The molecule has 1 fully saturated rings. The third-order valence-electron chi connectivity index (χ3n) is 4.40. The van der Waals surface area contributed by atoms with Gasteiger partial charge in [0.05, 0.1) is 31.7 Å². The smallest absolute Gasteiger partial charge is 0.360 e. The normalized spacial score (nSPS) is 16.4. The van der Waals surface area contributed by atoms with Crippen LogP contribution < -0.4 is 9.80 Å². The Morgan fingerprint density at radius 2 is 1.50 bits per heavy atom. The quantitative estimate of drug-likeness (QED) is 0.888. The van der Waals surface area contributed by atoms with E-state index in [0.29, 0.717) is 0 Å². The number of rotatable bonds is 3. The maximum absolute atomic E-state index is 12.6. The van der Waals surface area contributed by atoms with Gasteiger partial charge in [-0.15, -0.1) is 0 Å². The van der Waals surface area contributed by atoms with Crippen LogP contribution in [0.15, 0.2) is 48.5 Å². The summed E-state index contributed by atoms with van der Waals surface area (Å²) in [5.41, 5.74) is 1.51. The van der Waals surface area contributed by atoms with Gasteiger partial charge in [-0.05, 0) is 36.4 Å². The van der Waals surface area contributed by atoms with Crippen molar-refractivity contribution >= 4 is 17.3 Å². The van der Waals surface area contributed by atoms with E-state index in [9.17, 15) is 13.2 Å². The molecule has 1 aliphatic heterocycles. The second-order valence-corrected chi connectivity index (χ2v) is 6.52. The number of hydrogen-bond donors (Lipinski definition) is 1. The van der Waals surface area contributed by atoms with E-state index in [2.05, 4.69) is 4.90 Å². The molecule has 1 N–H and O–H groups in total. The van der Waals surface area contributed by atoms with Gasteiger partial charge in [0.25, 0.3) is 0 Å². The highest BCUT2D eigenvalue weighted by Gasteiger charge is 2.30. The van der Waals surface area contributed by atoms with Crippen LogP contribution in [0.4, 0.5) is 18.9 Å². The van der Waals surface area contributed by atoms with E-state index in [1.165, 1.54) is 17.0 Å². The van der Waals surface area contributed by atoms with Gasteiger partial charge in [-0.3, -0.25) is 0 Å². The number of nitrogens with zero attached hydrogens (tertiary/aromatic N) is 1. The van der Waals surface area contributed by atoms with E-state index in [0.717, 1.165) is 49.0 Å². The first-order chi connectivity index (χ1) is 11.4. The Kier molecular flexibility index (Phi) is 5.01. The molecule has 1 saturated heterocycles. The summed E-state index contributed by atoms with van der Waals surface area (Å²) in [6.07, 6.45) is -4.27. The number of anilines is 1. The van der Waals surface area contributed by atoms with Crippen LogP contribution in [0.2, 0.25) is 5.02 Å². The molecule has 3 rings (SSSR count). The first-order valence-corrected chi connectivity index (χ1v) is 8.30. The SMILES string of the molecule is FC(F)(F)c1ccc(C[NH+]2CCN(c3ccc(Cl)cc3)CC2)cc1. The summed E-state index contributed by atoms with van der Waals surface area (Å²) in [5, 5.41) is 0.727. The fourth-order valence-corrected chi connectivity index (χ4v) is 3.14. The van der Waals surface area contributed by atoms with Crippen LogP contribution in [0, 0.1) is 0 Å². The molecule has 2 aromatic carbocycles.